The summed E-state index contributed by atoms with van der Waals surface area (Å²) in [6.07, 6.45) is 1.18. The van der Waals surface area contributed by atoms with Crippen LogP contribution in [-0.2, 0) is 0 Å². The average molecular weight is 289 g/mol. The minimum absolute atomic E-state index is 0.110. The molecule has 0 amide bonds. The van der Waals surface area contributed by atoms with Gasteiger partial charge in [-0.2, -0.15) is 0 Å². The molecular weight excluding hydrogens is 280 g/mol. The van der Waals surface area contributed by atoms with E-state index in [4.69, 9.17) is 0 Å². The van der Waals surface area contributed by atoms with Gasteiger partial charge in [0.15, 0.2) is 11.5 Å². The Morgan fingerprint density at radius 3 is 2.33 bits per heavy atom. The number of nitrogens with zero attached hydrogens (tertiary/aromatic N) is 2. The van der Waals surface area contributed by atoms with Crippen molar-refractivity contribution in [3.63, 3.8) is 0 Å². The van der Waals surface area contributed by atoms with E-state index in [0.717, 1.165) is 12.1 Å². The molecular formula is C14H9F2N3O2. The fourth-order valence-corrected chi connectivity index (χ4v) is 1.92. The van der Waals surface area contributed by atoms with Crippen LogP contribution in [0.2, 0.25) is 0 Å². The van der Waals surface area contributed by atoms with Crippen LogP contribution in [-0.4, -0.2) is 20.2 Å². The lowest BCUT2D eigenvalue weighted by molar-refractivity contribution is 0.405. The molecule has 3 rings (SSSR count). The molecule has 7 heteroatoms. The summed E-state index contributed by atoms with van der Waals surface area (Å²) in [6.45, 7) is 0. The van der Waals surface area contributed by atoms with Crippen molar-refractivity contribution in [2.45, 2.75) is 0 Å². The molecule has 21 heavy (non-hydrogen) atoms. The maximum absolute atomic E-state index is 13.6. The summed E-state index contributed by atoms with van der Waals surface area (Å²) < 4.78 is 27.3. The molecule has 0 radical (unpaired) electrons. The van der Waals surface area contributed by atoms with Crippen molar-refractivity contribution in [2.75, 3.05) is 5.32 Å². The van der Waals surface area contributed by atoms with Crippen LogP contribution in [0.15, 0.2) is 36.7 Å². The largest absolute Gasteiger partial charge is 0.504 e. The first-order valence-electron chi connectivity index (χ1n) is 5.94. The molecule has 0 spiro atoms. The van der Waals surface area contributed by atoms with Gasteiger partial charge in [-0.3, -0.25) is 0 Å². The second-order valence-electron chi connectivity index (χ2n) is 4.30. The second-order valence-corrected chi connectivity index (χ2v) is 4.30. The van der Waals surface area contributed by atoms with Gasteiger partial charge < -0.3 is 15.5 Å². The second kappa shape index (κ2) is 4.86. The monoisotopic (exact) mass is 289 g/mol. The molecule has 1 aromatic heterocycles. The SMILES string of the molecule is Oc1cc2ncnc(Nc3c(F)cccc3F)c2cc1O. The molecule has 106 valence electrons. The fourth-order valence-electron chi connectivity index (χ4n) is 1.92. The lowest BCUT2D eigenvalue weighted by Gasteiger charge is -2.10. The highest BCUT2D eigenvalue weighted by molar-refractivity contribution is 5.92. The lowest BCUT2D eigenvalue weighted by atomic mass is 10.2. The van der Waals surface area contributed by atoms with E-state index in [1.54, 1.807) is 0 Å². The number of aromatic hydroxyl groups is 2. The minimum Gasteiger partial charge on any atom is -0.504 e. The summed E-state index contributed by atoms with van der Waals surface area (Å²) >= 11 is 0. The van der Waals surface area contributed by atoms with E-state index in [-0.39, 0.29) is 23.0 Å². The molecule has 0 saturated heterocycles. The molecule has 0 aliphatic heterocycles. The number of rotatable bonds is 2. The van der Waals surface area contributed by atoms with Gasteiger partial charge in [-0.25, -0.2) is 18.7 Å². The Labute approximate surface area is 117 Å². The molecule has 0 bridgehead atoms. The van der Waals surface area contributed by atoms with E-state index >= 15 is 0 Å². The molecule has 1 heterocycles. The molecule has 0 saturated carbocycles. The third kappa shape index (κ3) is 2.29. The van der Waals surface area contributed by atoms with Gasteiger partial charge in [-0.05, 0) is 18.2 Å². The number of phenolic OH excluding ortho intramolecular Hbond substituents is 2. The average Bonchev–Trinajstić information content (AvgIpc) is 2.45. The van der Waals surface area contributed by atoms with Crippen molar-refractivity contribution >= 4 is 22.4 Å². The van der Waals surface area contributed by atoms with Crippen LogP contribution in [0.4, 0.5) is 20.3 Å². The number of benzene rings is 2. The highest BCUT2D eigenvalue weighted by Gasteiger charge is 2.13. The molecule has 2 aromatic carbocycles. The van der Waals surface area contributed by atoms with Gasteiger partial charge in [-0.15, -0.1) is 0 Å². The van der Waals surface area contributed by atoms with Crippen LogP contribution < -0.4 is 5.32 Å². The summed E-state index contributed by atoms with van der Waals surface area (Å²) in [5.41, 5.74) is -0.0374. The number of nitrogens with one attached hydrogen (secondary N) is 1. The predicted molar refractivity (Wildman–Crippen MR) is 72.5 cm³/mol. The number of para-hydroxylation sites is 1. The highest BCUT2D eigenvalue weighted by Crippen LogP contribution is 2.33. The van der Waals surface area contributed by atoms with E-state index in [9.17, 15) is 19.0 Å². The zero-order valence-electron chi connectivity index (χ0n) is 10.5. The van der Waals surface area contributed by atoms with E-state index in [1.165, 1.54) is 24.5 Å². The van der Waals surface area contributed by atoms with Gasteiger partial charge in [0.25, 0.3) is 0 Å². The van der Waals surface area contributed by atoms with Crippen LogP contribution >= 0.6 is 0 Å². The van der Waals surface area contributed by atoms with Gasteiger partial charge >= 0.3 is 0 Å². The lowest BCUT2D eigenvalue weighted by Crippen LogP contribution is -2.00. The molecule has 3 aromatic rings. The minimum atomic E-state index is -0.773. The molecule has 0 unspecified atom stereocenters. The van der Waals surface area contributed by atoms with Crippen LogP contribution in [0.5, 0.6) is 11.5 Å². The topological polar surface area (TPSA) is 78.3 Å². The van der Waals surface area contributed by atoms with Crippen molar-refractivity contribution in [1.82, 2.24) is 9.97 Å². The quantitative estimate of drug-likeness (QED) is 0.632. The first-order chi connectivity index (χ1) is 10.1. The van der Waals surface area contributed by atoms with Gasteiger partial charge in [0.2, 0.25) is 0 Å². The Balaban J connectivity index is 2.15. The van der Waals surface area contributed by atoms with Crippen molar-refractivity contribution in [2.24, 2.45) is 0 Å². The van der Waals surface area contributed by atoms with E-state index in [1.807, 2.05) is 0 Å². The van der Waals surface area contributed by atoms with Crippen LogP contribution in [0.1, 0.15) is 0 Å². The van der Waals surface area contributed by atoms with E-state index in [2.05, 4.69) is 15.3 Å². The number of halogens is 2. The molecule has 0 fully saturated rings. The molecule has 0 aliphatic rings. The Bertz CT molecular complexity index is 820. The number of aromatic nitrogens is 2. The Morgan fingerprint density at radius 2 is 1.62 bits per heavy atom. The molecule has 0 atom stereocenters. The summed E-state index contributed by atoms with van der Waals surface area (Å²) in [7, 11) is 0. The zero-order valence-corrected chi connectivity index (χ0v) is 10.5. The molecule has 0 aliphatic carbocycles. The van der Waals surface area contributed by atoms with Crippen molar-refractivity contribution in [1.29, 1.82) is 0 Å². The summed E-state index contributed by atoms with van der Waals surface area (Å²) in [6, 6.07) is 5.91. The normalized spacial score (nSPS) is 10.8. The number of hydrogen-bond donors (Lipinski definition) is 3. The standard InChI is InChI=1S/C14H9F2N3O2/c15-8-2-1-3-9(16)13(8)19-14-7-4-11(20)12(21)5-10(7)17-6-18-14/h1-6,20-21H,(H,17,18,19). The third-order valence-electron chi connectivity index (χ3n) is 2.94. The summed E-state index contributed by atoms with van der Waals surface area (Å²) in [5, 5.41) is 21.8. The first-order valence-corrected chi connectivity index (χ1v) is 5.94. The maximum Gasteiger partial charge on any atom is 0.159 e. The van der Waals surface area contributed by atoms with Crippen LogP contribution in [0.25, 0.3) is 10.9 Å². The van der Waals surface area contributed by atoms with Gasteiger partial charge in [0.1, 0.15) is 29.5 Å². The Hall–Kier alpha value is -2.96. The summed E-state index contributed by atoms with van der Waals surface area (Å²) in [5.74, 6) is -2.16. The number of hydrogen-bond acceptors (Lipinski definition) is 5. The van der Waals surface area contributed by atoms with Gasteiger partial charge in [-0.1, -0.05) is 6.07 Å². The first kappa shape index (κ1) is 13.0. The van der Waals surface area contributed by atoms with Crippen LogP contribution in [0, 0.1) is 11.6 Å². The van der Waals surface area contributed by atoms with Crippen molar-refractivity contribution < 1.29 is 19.0 Å². The number of phenols is 2. The molecule has 3 N–H and O–H groups in total. The maximum atomic E-state index is 13.6. The highest BCUT2D eigenvalue weighted by atomic mass is 19.1. The fraction of sp³-hybridized carbons (Fsp3) is 0. The zero-order chi connectivity index (χ0) is 15.0. The van der Waals surface area contributed by atoms with E-state index in [0.29, 0.717) is 10.9 Å². The predicted octanol–water partition coefficient (Wildman–Crippen LogP) is 3.06. The third-order valence-corrected chi connectivity index (χ3v) is 2.94. The Kier molecular flexibility index (Phi) is 3.02. The van der Waals surface area contributed by atoms with Gasteiger partial charge in [0.05, 0.1) is 5.52 Å². The van der Waals surface area contributed by atoms with Crippen molar-refractivity contribution in [3.8, 4) is 11.5 Å². The van der Waals surface area contributed by atoms with Crippen molar-refractivity contribution in [3.05, 3.63) is 48.3 Å². The van der Waals surface area contributed by atoms with Crippen LogP contribution in [0.3, 0.4) is 0 Å². The molecule has 5 nitrogen and oxygen atoms in total. The smallest absolute Gasteiger partial charge is 0.159 e. The number of fused-ring (bicyclic) bond motifs is 1. The van der Waals surface area contributed by atoms with Gasteiger partial charge in [0, 0.05) is 11.5 Å². The van der Waals surface area contributed by atoms with E-state index < -0.39 is 11.6 Å². The number of anilines is 2. The Morgan fingerprint density at radius 1 is 0.952 bits per heavy atom. The summed E-state index contributed by atoms with van der Waals surface area (Å²) in [4.78, 5) is 7.83.